The van der Waals surface area contributed by atoms with Gasteiger partial charge in [-0.25, -0.2) is 9.37 Å². The molecule has 1 atom stereocenters. The fourth-order valence-electron chi connectivity index (χ4n) is 3.77. The minimum atomic E-state index is -0.571. The van der Waals surface area contributed by atoms with Gasteiger partial charge in [-0.3, -0.25) is 9.59 Å². The Hall–Kier alpha value is -3.94. The van der Waals surface area contributed by atoms with Gasteiger partial charge in [0.25, 0.3) is 5.91 Å². The lowest BCUT2D eigenvalue weighted by atomic mass is 10.2. The molecule has 7 nitrogen and oxygen atoms in total. The second-order valence-electron chi connectivity index (χ2n) is 7.33. The van der Waals surface area contributed by atoms with Crippen LogP contribution in [0, 0.1) is 5.82 Å². The first-order valence-corrected chi connectivity index (χ1v) is 9.90. The van der Waals surface area contributed by atoms with Crippen molar-refractivity contribution in [3.8, 4) is 11.5 Å². The number of amides is 2. The molecule has 2 amide bonds. The molecule has 1 saturated heterocycles. The number of hydrogen-bond donors (Lipinski definition) is 1. The zero-order chi connectivity index (χ0) is 21.4. The SMILES string of the molecule is O=C(Nc1ccc2nc(-c3ccc(F)cc3)oc2c1)C1CCCN1C(=O)c1ccco1. The van der Waals surface area contributed by atoms with Crippen molar-refractivity contribution >= 4 is 28.6 Å². The monoisotopic (exact) mass is 419 g/mol. The summed E-state index contributed by atoms with van der Waals surface area (Å²) in [4.78, 5) is 31.4. The van der Waals surface area contributed by atoms with Gasteiger partial charge < -0.3 is 19.1 Å². The molecule has 0 aliphatic carbocycles. The van der Waals surface area contributed by atoms with Gasteiger partial charge in [-0.2, -0.15) is 0 Å². The summed E-state index contributed by atoms with van der Waals surface area (Å²) < 4.78 is 24.1. The highest BCUT2D eigenvalue weighted by Gasteiger charge is 2.35. The lowest BCUT2D eigenvalue weighted by Gasteiger charge is -2.23. The highest BCUT2D eigenvalue weighted by Crippen LogP contribution is 2.27. The number of oxazole rings is 1. The van der Waals surface area contributed by atoms with Gasteiger partial charge in [-0.1, -0.05) is 0 Å². The van der Waals surface area contributed by atoms with Crippen molar-refractivity contribution in [2.24, 2.45) is 0 Å². The molecule has 0 radical (unpaired) electrons. The quantitative estimate of drug-likeness (QED) is 0.527. The summed E-state index contributed by atoms with van der Waals surface area (Å²) in [6.45, 7) is 0.500. The Bertz CT molecular complexity index is 1250. The molecule has 2 aromatic heterocycles. The van der Waals surface area contributed by atoms with E-state index in [-0.39, 0.29) is 23.4 Å². The highest BCUT2D eigenvalue weighted by atomic mass is 19.1. The predicted molar refractivity (Wildman–Crippen MR) is 111 cm³/mol. The van der Waals surface area contributed by atoms with Gasteiger partial charge >= 0.3 is 0 Å². The third-order valence-corrected chi connectivity index (χ3v) is 5.30. The number of furan rings is 1. The highest BCUT2D eigenvalue weighted by molar-refractivity contribution is 6.01. The van der Waals surface area contributed by atoms with Crippen LogP contribution < -0.4 is 5.32 Å². The van der Waals surface area contributed by atoms with Crippen LogP contribution in [0.5, 0.6) is 0 Å². The maximum absolute atomic E-state index is 13.1. The number of fused-ring (bicyclic) bond motifs is 1. The van der Waals surface area contributed by atoms with Crippen LogP contribution in [0.25, 0.3) is 22.6 Å². The Balaban J connectivity index is 1.34. The Morgan fingerprint density at radius 1 is 1.13 bits per heavy atom. The summed E-state index contributed by atoms with van der Waals surface area (Å²) >= 11 is 0. The van der Waals surface area contributed by atoms with E-state index in [4.69, 9.17) is 8.83 Å². The number of likely N-dealkylation sites (tertiary alicyclic amines) is 1. The number of nitrogens with zero attached hydrogens (tertiary/aromatic N) is 2. The zero-order valence-corrected chi connectivity index (χ0v) is 16.4. The number of hydrogen-bond acceptors (Lipinski definition) is 5. The summed E-state index contributed by atoms with van der Waals surface area (Å²) in [6.07, 6.45) is 2.76. The van der Waals surface area contributed by atoms with Crippen molar-refractivity contribution in [2.45, 2.75) is 18.9 Å². The van der Waals surface area contributed by atoms with Gasteiger partial charge in [0.1, 0.15) is 17.4 Å². The number of rotatable bonds is 4. The first-order chi connectivity index (χ1) is 15.1. The Labute approximate surface area is 176 Å². The second-order valence-corrected chi connectivity index (χ2v) is 7.33. The van der Waals surface area contributed by atoms with Gasteiger partial charge in [0, 0.05) is 23.9 Å². The fraction of sp³-hybridized carbons (Fsp3) is 0.174. The molecule has 0 bridgehead atoms. The van der Waals surface area contributed by atoms with Crippen LogP contribution in [0.3, 0.4) is 0 Å². The largest absolute Gasteiger partial charge is 0.459 e. The minimum Gasteiger partial charge on any atom is -0.459 e. The van der Waals surface area contributed by atoms with Crippen LogP contribution in [-0.4, -0.2) is 34.3 Å². The van der Waals surface area contributed by atoms with Gasteiger partial charge in [0.2, 0.25) is 11.8 Å². The van der Waals surface area contributed by atoms with Crippen molar-refractivity contribution in [3.05, 3.63) is 72.4 Å². The number of anilines is 1. The molecule has 1 N–H and O–H groups in total. The molecule has 1 fully saturated rings. The molecule has 0 saturated carbocycles. The summed E-state index contributed by atoms with van der Waals surface area (Å²) in [5.41, 5.74) is 2.30. The molecule has 1 aliphatic heterocycles. The van der Waals surface area contributed by atoms with Crippen LogP contribution in [0.15, 0.2) is 69.7 Å². The number of benzene rings is 2. The number of carbonyl (C=O) groups excluding carboxylic acids is 2. The number of nitrogens with one attached hydrogen (secondary N) is 1. The Kier molecular flexibility index (Phi) is 4.74. The van der Waals surface area contributed by atoms with Crippen molar-refractivity contribution in [2.75, 3.05) is 11.9 Å². The Morgan fingerprint density at radius 3 is 2.74 bits per heavy atom. The van der Waals surface area contributed by atoms with Crippen molar-refractivity contribution < 1.29 is 22.8 Å². The number of aromatic nitrogens is 1. The second kappa shape index (κ2) is 7.71. The molecular weight excluding hydrogens is 401 g/mol. The van der Waals surface area contributed by atoms with Crippen LogP contribution >= 0.6 is 0 Å². The van der Waals surface area contributed by atoms with Crippen LogP contribution in [0.1, 0.15) is 23.4 Å². The minimum absolute atomic E-state index is 0.219. The molecule has 4 aromatic rings. The van der Waals surface area contributed by atoms with Crippen molar-refractivity contribution in [1.82, 2.24) is 9.88 Å². The summed E-state index contributed by atoms with van der Waals surface area (Å²) in [7, 11) is 0. The molecule has 8 heteroatoms. The van der Waals surface area contributed by atoms with E-state index in [0.29, 0.717) is 41.2 Å². The average Bonchev–Trinajstić information content (AvgIpc) is 3.53. The van der Waals surface area contributed by atoms with Crippen LogP contribution in [-0.2, 0) is 4.79 Å². The molecule has 3 heterocycles. The van der Waals surface area contributed by atoms with Crippen molar-refractivity contribution in [3.63, 3.8) is 0 Å². The summed E-state index contributed by atoms with van der Waals surface area (Å²) in [6, 6.07) is 13.7. The van der Waals surface area contributed by atoms with Gasteiger partial charge in [0.05, 0.1) is 6.26 Å². The lowest BCUT2D eigenvalue weighted by Crippen LogP contribution is -2.43. The maximum atomic E-state index is 13.1. The molecule has 31 heavy (non-hydrogen) atoms. The lowest BCUT2D eigenvalue weighted by molar-refractivity contribution is -0.119. The molecule has 5 rings (SSSR count). The van der Waals surface area contributed by atoms with E-state index in [1.54, 1.807) is 42.5 Å². The standard InChI is InChI=1S/C23H18FN3O4/c24-15-7-5-14(6-8-15)22-26-17-10-9-16(13-20(17)31-22)25-21(28)18-3-1-11-27(18)23(29)19-4-2-12-30-19/h2,4-10,12-13,18H,1,3,11H2,(H,25,28). The van der Waals surface area contributed by atoms with Gasteiger partial charge in [0.15, 0.2) is 11.3 Å². The molecular formula is C23H18FN3O4. The first-order valence-electron chi connectivity index (χ1n) is 9.90. The third-order valence-electron chi connectivity index (χ3n) is 5.30. The van der Waals surface area contributed by atoms with Crippen LogP contribution in [0.2, 0.25) is 0 Å². The molecule has 2 aromatic carbocycles. The van der Waals surface area contributed by atoms with E-state index in [2.05, 4.69) is 10.3 Å². The third kappa shape index (κ3) is 3.68. The van der Waals surface area contributed by atoms with E-state index < -0.39 is 6.04 Å². The Morgan fingerprint density at radius 2 is 1.97 bits per heavy atom. The van der Waals surface area contributed by atoms with E-state index >= 15 is 0 Å². The van der Waals surface area contributed by atoms with Crippen molar-refractivity contribution in [1.29, 1.82) is 0 Å². The predicted octanol–water partition coefficient (Wildman–Crippen LogP) is 4.47. The topological polar surface area (TPSA) is 88.6 Å². The normalized spacial score (nSPS) is 16.0. The van der Waals surface area contributed by atoms with Gasteiger partial charge in [-0.15, -0.1) is 0 Å². The fourth-order valence-corrected chi connectivity index (χ4v) is 3.77. The number of halogens is 1. The van der Waals surface area contributed by atoms with Gasteiger partial charge in [-0.05, 0) is 61.4 Å². The molecule has 0 spiro atoms. The van der Waals surface area contributed by atoms with E-state index in [1.807, 2.05) is 0 Å². The average molecular weight is 419 g/mol. The van der Waals surface area contributed by atoms with E-state index in [1.165, 1.54) is 23.3 Å². The number of carbonyl (C=O) groups is 2. The summed E-state index contributed by atoms with van der Waals surface area (Å²) in [5.74, 6) is -0.316. The van der Waals surface area contributed by atoms with E-state index in [9.17, 15) is 14.0 Å². The first kappa shape index (κ1) is 19.0. The molecule has 156 valence electrons. The smallest absolute Gasteiger partial charge is 0.290 e. The zero-order valence-electron chi connectivity index (χ0n) is 16.4. The molecule has 1 aliphatic rings. The maximum Gasteiger partial charge on any atom is 0.290 e. The van der Waals surface area contributed by atoms with E-state index in [0.717, 1.165) is 6.42 Å². The summed E-state index contributed by atoms with van der Waals surface area (Å²) in [5, 5.41) is 2.86. The molecule has 1 unspecified atom stereocenters. The van der Waals surface area contributed by atoms with Crippen LogP contribution in [0.4, 0.5) is 10.1 Å².